The number of benzene rings is 17. The molecular weight excluding hydrogens is 1380 g/mol. The Morgan fingerprint density at radius 3 is 1.30 bits per heavy atom. The summed E-state index contributed by atoms with van der Waals surface area (Å²) in [5, 5.41) is 18.8. The number of fused-ring (bicyclic) bond motifs is 22. The lowest BCUT2D eigenvalue weighted by Gasteiger charge is -2.20. The molecule has 0 unspecified atom stereocenters. The molecule has 23 aromatic rings. The second-order valence-corrected chi connectivity index (χ2v) is 31.3. The van der Waals surface area contributed by atoms with E-state index in [1.54, 1.807) is 23.5 Å². The molecule has 2 aliphatic rings. The number of hydrogen-bond acceptors (Lipinski definition) is 6. The molecule has 0 fully saturated rings. The first kappa shape index (κ1) is 60.3. The van der Waals surface area contributed by atoms with E-state index in [2.05, 4.69) is 358 Å². The van der Waals surface area contributed by atoms with Gasteiger partial charge in [0.1, 0.15) is 0 Å². The Morgan fingerprint density at radius 2 is 0.636 bits per heavy atom. The van der Waals surface area contributed by atoms with Crippen molar-refractivity contribution in [2.24, 2.45) is 0 Å². The highest BCUT2D eigenvalue weighted by Gasteiger charge is 2.29. The highest BCUT2D eigenvalue weighted by atomic mass is 32.2. The second kappa shape index (κ2) is 22.8. The van der Waals surface area contributed by atoms with Crippen molar-refractivity contribution >= 4 is 165 Å². The van der Waals surface area contributed by atoms with Crippen LogP contribution in [0.1, 0.15) is 0 Å². The van der Waals surface area contributed by atoms with E-state index in [0.29, 0.717) is 11.9 Å². The molecule has 0 bridgehead atoms. The normalized spacial score (nSPS) is 12.7. The summed E-state index contributed by atoms with van der Waals surface area (Å²) in [5.41, 5.74) is 23.8. The maximum atomic E-state index is 5.70. The van der Waals surface area contributed by atoms with Gasteiger partial charge in [-0.1, -0.05) is 230 Å². The van der Waals surface area contributed by atoms with E-state index in [-0.39, 0.29) is 0 Å². The van der Waals surface area contributed by atoms with Crippen LogP contribution in [0, 0.1) is 0 Å². The Labute approximate surface area is 637 Å². The maximum absolute atomic E-state index is 5.70. The molecule has 0 N–H and O–H groups in total. The van der Waals surface area contributed by atoms with Crippen molar-refractivity contribution in [3.8, 4) is 79.2 Å². The predicted octanol–water partition coefficient (Wildman–Crippen LogP) is 26.7. The van der Waals surface area contributed by atoms with E-state index in [4.69, 9.17) is 19.9 Å². The van der Waals surface area contributed by atoms with Crippen molar-refractivity contribution < 1.29 is 0 Å². The van der Waals surface area contributed by atoms with Gasteiger partial charge in [-0.3, -0.25) is 9.13 Å². The summed E-state index contributed by atoms with van der Waals surface area (Å²) >= 11 is 3.59. The topological polar surface area (TPSA) is 71.3 Å². The maximum Gasteiger partial charge on any atom is 0.235 e. The summed E-state index contributed by atoms with van der Waals surface area (Å²) in [6.07, 6.45) is 0. The lowest BCUT2D eigenvalue weighted by atomic mass is 9.93. The fraction of sp³-hybridized carbons (Fsp3) is 0. The number of rotatable bonds is 7. The monoisotopic (exact) mass is 1430 g/mol. The van der Waals surface area contributed by atoms with Crippen molar-refractivity contribution in [3.05, 3.63) is 340 Å². The number of para-hydroxylation sites is 3. The Hall–Kier alpha value is -13.9. The third-order valence-electron chi connectivity index (χ3n) is 23.3. The fourth-order valence-electron chi connectivity index (χ4n) is 18.5. The average molecular weight is 1430 g/mol. The molecule has 0 amide bonds. The smallest absolute Gasteiger partial charge is 0.235 e. The van der Waals surface area contributed by atoms with Gasteiger partial charge in [0.15, 0.2) is 0 Å². The van der Waals surface area contributed by atoms with Gasteiger partial charge >= 0.3 is 0 Å². The van der Waals surface area contributed by atoms with Crippen LogP contribution in [0.2, 0.25) is 0 Å². The van der Waals surface area contributed by atoms with Crippen LogP contribution in [-0.2, 0) is 0 Å². The molecule has 110 heavy (non-hydrogen) atoms. The van der Waals surface area contributed by atoms with Crippen LogP contribution in [0.15, 0.2) is 359 Å². The van der Waals surface area contributed by atoms with Crippen molar-refractivity contribution in [2.75, 3.05) is 0 Å². The Balaban J connectivity index is 0.681. The van der Waals surface area contributed by atoms with Crippen molar-refractivity contribution in [1.29, 1.82) is 0 Å². The first-order chi connectivity index (χ1) is 54.5. The van der Waals surface area contributed by atoms with Gasteiger partial charge in [-0.15, -0.1) is 0 Å². The van der Waals surface area contributed by atoms with Crippen LogP contribution in [0.5, 0.6) is 0 Å². The van der Waals surface area contributed by atoms with E-state index < -0.39 is 0 Å². The zero-order valence-electron chi connectivity index (χ0n) is 58.7. The van der Waals surface area contributed by atoms with Gasteiger partial charge in [-0.05, 0) is 199 Å². The molecule has 8 nitrogen and oxygen atoms in total. The molecule has 0 spiro atoms. The van der Waals surface area contributed by atoms with Gasteiger partial charge in [0, 0.05) is 95.9 Å². The molecule has 0 atom stereocenters. The zero-order valence-corrected chi connectivity index (χ0v) is 60.4. The minimum Gasteiger partial charge on any atom is -0.309 e. The third kappa shape index (κ3) is 8.59. The van der Waals surface area contributed by atoms with Crippen LogP contribution in [-0.4, -0.2) is 38.2 Å². The fourth-order valence-corrected chi connectivity index (χ4v) is 20.8. The van der Waals surface area contributed by atoms with Crippen molar-refractivity contribution in [1.82, 2.24) is 38.2 Å². The Bertz CT molecular complexity index is 8050. The average Bonchev–Trinajstić information content (AvgIpc) is 1.55. The van der Waals surface area contributed by atoms with Crippen molar-refractivity contribution in [3.63, 3.8) is 0 Å². The predicted molar refractivity (Wildman–Crippen MR) is 458 cm³/mol. The minimum absolute atomic E-state index is 0.631. The molecule has 25 rings (SSSR count). The van der Waals surface area contributed by atoms with Gasteiger partial charge in [0.2, 0.25) is 11.9 Å². The standard InChI is InChI=1S/C100H56N8S2/c1-3-20-64(21-4-1)105-80-32-14-11-27-71(80)92-67-44-37-58(51-62(67)43-50-84(92)105)59-40-46-81-75(52-59)69-45-38-63(55-86(69)108(81)100-102-79-31-18-36-91-96(79)98(104-100)73-29-13-16-34-89(73)110-91)74-56-87-94(70-26-10-9-25-68(70)74)76-53-60(41-47-82(76)106(87)65-22-5-2-6-23-65)61-42-48-83-77(54-61)93-66-24-8-7-19-57(66)39-49-85(93)107(83)99-101-78-30-17-35-90-95(78)97(103-99)72-28-12-15-33-88(72)109-90/h1-56H. The zero-order chi connectivity index (χ0) is 71.6. The molecule has 6 aromatic heterocycles. The molecule has 508 valence electrons. The molecule has 17 aromatic carbocycles. The first-order valence-corrected chi connectivity index (χ1v) is 39.0. The van der Waals surface area contributed by atoms with E-state index in [1.807, 2.05) is 0 Å². The highest BCUT2D eigenvalue weighted by Crippen LogP contribution is 2.52. The summed E-state index contributed by atoms with van der Waals surface area (Å²) < 4.78 is 9.48. The molecule has 2 aliphatic heterocycles. The quantitative estimate of drug-likeness (QED) is 0.158. The van der Waals surface area contributed by atoms with E-state index in [9.17, 15) is 0 Å². The van der Waals surface area contributed by atoms with Crippen LogP contribution in [0.3, 0.4) is 0 Å². The Kier molecular flexibility index (Phi) is 12.5. The molecule has 0 saturated carbocycles. The first-order valence-electron chi connectivity index (χ1n) is 37.3. The Morgan fingerprint density at radius 1 is 0.200 bits per heavy atom. The van der Waals surface area contributed by atoms with Crippen LogP contribution < -0.4 is 0 Å². The molecule has 8 heterocycles. The lowest BCUT2D eigenvalue weighted by Crippen LogP contribution is -2.05. The molecule has 0 saturated heterocycles. The van der Waals surface area contributed by atoms with E-state index in [0.717, 1.165) is 144 Å². The summed E-state index contributed by atoms with van der Waals surface area (Å²) in [6.45, 7) is 0. The van der Waals surface area contributed by atoms with Gasteiger partial charge in [0.25, 0.3) is 0 Å². The summed E-state index contributed by atoms with van der Waals surface area (Å²) in [5.74, 6) is 1.29. The van der Waals surface area contributed by atoms with Gasteiger partial charge in [-0.25, -0.2) is 19.9 Å². The molecule has 0 radical (unpaired) electrons. The lowest BCUT2D eigenvalue weighted by molar-refractivity contribution is 1.01. The number of nitrogens with zero attached hydrogens (tertiary/aromatic N) is 8. The van der Waals surface area contributed by atoms with Gasteiger partial charge < -0.3 is 9.13 Å². The van der Waals surface area contributed by atoms with Crippen molar-refractivity contribution in [2.45, 2.75) is 19.6 Å². The number of hydrogen-bond donors (Lipinski definition) is 0. The summed E-state index contributed by atoms with van der Waals surface area (Å²) in [4.78, 5) is 27.0. The summed E-state index contributed by atoms with van der Waals surface area (Å²) in [7, 11) is 0. The largest absolute Gasteiger partial charge is 0.309 e. The minimum atomic E-state index is 0.631. The summed E-state index contributed by atoms with van der Waals surface area (Å²) in [6, 6.07) is 125. The molecular formula is C100H56N8S2. The molecule has 10 heteroatoms. The van der Waals surface area contributed by atoms with Gasteiger partial charge in [0.05, 0.1) is 66.6 Å². The molecule has 0 aliphatic carbocycles. The van der Waals surface area contributed by atoms with Crippen LogP contribution in [0.25, 0.3) is 221 Å². The van der Waals surface area contributed by atoms with E-state index >= 15 is 0 Å². The van der Waals surface area contributed by atoms with Gasteiger partial charge in [-0.2, -0.15) is 0 Å². The SMILES string of the molecule is c1ccc(-n2c3ccccc3c3c4ccc(-c5ccc6c(c5)c5ccc(-c7cc8c(c9ccccc79)c7cc(-c9ccc%10c(c9)c9c%11ccccc%11ccc9n%10-c9nc%10c%11c(cccc%11n9)Sc9ccccc9-%10)ccc7n8-c7ccccc7)cc5n6-c5nc6c7c(cccc7n5)Sc5ccccc5-6)cc4ccc32)cc1. The third-order valence-corrected chi connectivity index (χ3v) is 25.6. The number of aromatic nitrogens is 8. The second-order valence-electron chi connectivity index (χ2n) is 29.1. The van der Waals surface area contributed by atoms with Crippen LogP contribution in [0.4, 0.5) is 0 Å². The highest BCUT2D eigenvalue weighted by molar-refractivity contribution is 8.00. The van der Waals surface area contributed by atoms with E-state index in [1.165, 1.54) is 84.5 Å². The van der Waals surface area contributed by atoms with Crippen LogP contribution >= 0.6 is 23.5 Å².